The van der Waals surface area contributed by atoms with Crippen LogP contribution in [0.2, 0.25) is 0 Å². The maximum Gasteiger partial charge on any atom is 0.408 e. The van der Waals surface area contributed by atoms with E-state index in [0.29, 0.717) is 0 Å². The first-order valence-electron chi connectivity index (χ1n) is 11.9. The second-order valence-electron chi connectivity index (χ2n) is 9.80. The predicted octanol–water partition coefficient (Wildman–Crippen LogP) is 4.45. The summed E-state index contributed by atoms with van der Waals surface area (Å²) in [6, 6.07) is 16.0. The molecule has 2 aromatic rings. The van der Waals surface area contributed by atoms with E-state index in [1.807, 2.05) is 24.3 Å². The molecule has 2 amide bonds. The zero-order valence-corrected chi connectivity index (χ0v) is 19.7. The fourth-order valence-electron chi connectivity index (χ4n) is 5.16. The molecule has 0 saturated heterocycles. The quantitative estimate of drug-likeness (QED) is 0.561. The minimum Gasteiger partial charge on any atom is -0.481 e. The summed E-state index contributed by atoms with van der Waals surface area (Å²) < 4.78 is 5.58. The Labute approximate surface area is 199 Å². The number of ether oxygens (including phenoxy) is 1. The lowest BCUT2D eigenvalue weighted by atomic mass is 9.82. The van der Waals surface area contributed by atoms with Gasteiger partial charge in [-0.05, 0) is 54.9 Å². The van der Waals surface area contributed by atoms with E-state index < -0.39 is 17.6 Å². The van der Waals surface area contributed by atoms with Crippen molar-refractivity contribution in [1.29, 1.82) is 0 Å². The summed E-state index contributed by atoms with van der Waals surface area (Å²) in [5.41, 5.74) is 3.34. The number of amides is 2. The molecule has 4 rings (SSSR count). The number of carboxylic acids is 1. The molecule has 180 valence electrons. The molecule has 1 saturated carbocycles. The van der Waals surface area contributed by atoms with Crippen molar-refractivity contribution < 1.29 is 24.2 Å². The molecule has 2 aliphatic carbocycles. The van der Waals surface area contributed by atoms with Crippen LogP contribution in [0.15, 0.2) is 48.5 Å². The predicted molar refractivity (Wildman–Crippen MR) is 128 cm³/mol. The highest BCUT2D eigenvalue weighted by atomic mass is 16.5. The second kappa shape index (κ2) is 9.87. The molecule has 7 heteroatoms. The van der Waals surface area contributed by atoms with Gasteiger partial charge in [-0.15, -0.1) is 0 Å². The van der Waals surface area contributed by atoms with Crippen LogP contribution >= 0.6 is 0 Å². The maximum atomic E-state index is 13.0. The molecule has 0 aromatic heterocycles. The molecule has 0 bridgehead atoms. The summed E-state index contributed by atoms with van der Waals surface area (Å²) >= 11 is 0. The molecule has 34 heavy (non-hydrogen) atoms. The Balaban J connectivity index is 1.36. The average Bonchev–Trinajstić information content (AvgIpc) is 3.12. The first-order chi connectivity index (χ1) is 16.3. The molecular weight excluding hydrogens is 432 g/mol. The van der Waals surface area contributed by atoms with Gasteiger partial charge in [0.2, 0.25) is 5.91 Å². The molecule has 0 aliphatic heterocycles. The van der Waals surface area contributed by atoms with E-state index in [1.165, 1.54) is 0 Å². The summed E-state index contributed by atoms with van der Waals surface area (Å²) in [6.07, 6.45) is 2.80. The van der Waals surface area contributed by atoms with Gasteiger partial charge in [-0.1, -0.05) is 61.4 Å². The summed E-state index contributed by atoms with van der Waals surface area (Å²) in [5, 5.41) is 14.8. The number of fused-ring (bicyclic) bond motifs is 3. The Morgan fingerprint density at radius 3 is 2.18 bits per heavy atom. The van der Waals surface area contributed by atoms with Gasteiger partial charge in [0.15, 0.2) is 0 Å². The Bertz CT molecular complexity index is 1030. The van der Waals surface area contributed by atoms with Crippen molar-refractivity contribution >= 4 is 18.0 Å². The zero-order chi connectivity index (χ0) is 24.3. The van der Waals surface area contributed by atoms with Crippen LogP contribution in [0.3, 0.4) is 0 Å². The molecule has 2 aliphatic rings. The number of benzene rings is 2. The van der Waals surface area contributed by atoms with Gasteiger partial charge in [-0.2, -0.15) is 0 Å². The van der Waals surface area contributed by atoms with Crippen LogP contribution in [0.4, 0.5) is 4.79 Å². The smallest absolute Gasteiger partial charge is 0.408 e. The van der Waals surface area contributed by atoms with Crippen LogP contribution in [0, 0.1) is 5.92 Å². The van der Waals surface area contributed by atoms with Crippen LogP contribution in [-0.4, -0.2) is 41.3 Å². The largest absolute Gasteiger partial charge is 0.481 e. The molecule has 2 aromatic carbocycles. The highest BCUT2D eigenvalue weighted by Gasteiger charge is 2.36. The van der Waals surface area contributed by atoms with Gasteiger partial charge in [-0.25, -0.2) is 4.79 Å². The average molecular weight is 465 g/mol. The third-order valence-corrected chi connectivity index (χ3v) is 6.99. The first-order valence-corrected chi connectivity index (χ1v) is 11.9. The van der Waals surface area contributed by atoms with Gasteiger partial charge in [0.05, 0.1) is 6.42 Å². The minimum atomic E-state index is -1.20. The summed E-state index contributed by atoms with van der Waals surface area (Å²) in [6.45, 7) is 3.42. The van der Waals surface area contributed by atoms with Gasteiger partial charge in [0.25, 0.3) is 0 Å². The van der Waals surface area contributed by atoms with Gasteiger partial charge in [0.1, 0.15) is 12.1 Å². The molecule has 7 nitrogen and oxygen atoms in total. The van der Waals surface area contributed by atoms with E-state index in [9.17, 15) is 19.5 Å². The van der Waals surface area contributed by atoms with Gasteiger partial charge >= 0.3 is 12.1 Å². The standard InChI is InChI=1S/C27H32N2O5/c1-27(2,25(32)28-23-14-8-3-9-17(23)15-24(30)31)29-26(33)34-16-22-20-12-6-4-10-18(20)19-11-5-7-13-21(19)22/h4-7,10-13,17,22-23H,3,8-9,14-16H2,1-2H3,(H,28,32)(H,29,33)(H,30,31)/t17-,23-/m1/s1. The van der Waals surface area contributed by atoms with Crippen molar-refractivity contribution in [1.82, 2.24) is 10.6 Å². The van der Waals surface area contributed by atoms with Crippen LogP contribution in [0.25, 0.3) is 11.1 Å². The lowest BCUT2D eigenvalue weighted by molar-refractivity contribution is -0.139. The normalized spacial score (nSPS) is 19.6. The van der Waals surface area contributed by atoms with Crippen molar-refractivity contribution in [3.63, 3.8) is 0 Å². The van der Waals surface area contributed by atoms with Crippen molar-refractivity contribution in [3.8, 4) is 11.1 Å². The van der Waals surface area contributed by atoms with E-state index in [-0.39, 0.29) is 36.8 Å². The van der Waals surface area contributed by atoms with Crippen molar-refractivity contribution in [2.24, 2.45) is 5.92 Å². The molecular formula is C27H32N2O5. The van der Waals surface area contributed by atoms with Gasteiger partial charge < -0.3 is 20.5 Å². The van der Waals surface area contributed by atoms with Crippen LogP contribution < -0.4 is 10.6 Å². The highest BCUT2D eigenvalue weighted by molar-refractivity contribution is 5.89. The molecule has 0 heterocycles. The number of alkyl carbamates (subject to hydrolysis) is 1. The third kappa shape index (κ3) is 5.08. The number of aliphatic carboxylic acids is 1. The van der Waals surface area contributed by atoms with E-state index in [2.05, 4.69) is 34.9 Å². The SMILES string of the molecule is CC(C)(NC(=O)OCC1c2ccccc2-c2ccccc21)C(=O)N[C@@H]1CCCC[C@@H]1CC(=O)O. The fourth-order valence-corrected chi connectivity index (χ4v) is 5.16. The van der Waals surface area contributed by atoms with E-state index in [0.717, 1.165) is 47.9 Å². The minimum absolute atomic E-state index is 0.0329. The van der Waals surface area contributed by atoms with Gasteiger partial charge in [0, 0.05) is 12.0 Å². The topological polar surface area (TPSA) is 105 Å². The maximum absolute atomic E-state index is 13.0. The van der Waals surface area contributed by atoms with E-state index in [1.54, 1.807) is 13.8 Å². The van der Waals surface area contributed by atoms with E-state index in [4.69, 9.17) is 4.74 Å². The Morgan fingerprint density at radius 1 is 0.971 bits per heavy atom. The summed E-state index contributed by atoms with van der Waals surface area (Å²) in [7, 11) is 0. The van der Waals surface area contributed by atoms with Crippen molar-refractivity contribution in [3.05, 3.63) is 59.7 Å². The van der Waals surface area contributed by atoms with E-state index >= 15 is 0 Å². The number of hydrogen-bond acceptors (Lipinski definition) is 4. The lowest BCUT2D eigenvalue weighted by Gasteiger charge is -2.34. The molecule has 1 fully saturated rings. The first kappa shape index (κ1) is 23.8. The summed E-state index contributed by atoms with van der Waals surface area (Å²) in [4.78, 5) is 36.8. The second-order valence-corrected chi connectivity index (χ2v) is 9.80. The highest BCUT2D eigenvalue weighted by Crippen LogP contribution is 2.44. The number of hydrogen-bond donors (Lipinski definition) is 3. The number of rotatable bonds is 7. The Kier molecular flexibility index (Phi) is 6.91. The number of carbonyl (C=O) groups excluding carboxylic acids is 2. The monoisotopic (exact) mass is 464 g/mol. The van der Waals surface area contributed by atoms with Crippen LogP contribution in [0.5, 0.6) is 0 Å². The third-order valence-electron chi connectivity index (χ3n) is 6.99. The fraction of sp³-hybridized carbons (Fsp3) is 0.444. The number of nitrogens with one attached hydrogen (secondary N) is 2. The van der Waals surface area contributed by atoms with Crippen molar-refractivity contribution in [2.45, 2.75) is 63.5 Å². The molecule has 0 spiro atoms. The van der Waals surface area contributed by atoms with Crippen LogP contribution in [-0.2, 0) is 14.3 Å². The zero-order valence-electron chi connectivity index (χ0n) is 19.7. The lowest BCUT2D eigenvalue weighted by Crippen LogP contribution is -2.58. The Morgan fingerprint density at radius 2 is 1.56 bits per heavy atom. The molecule has 0 radical (unpaired) electrons. The Hall–Kier alpha value is -3.35. The molecule has 0 unspecified atom stereocenters. The molecule has 2 atom stereocenters. The number of carbonyl (C=O) groups is 3. The van der Waals surface area contributed by atoms with Crippen LogP contribution in [0.1, 0.15) is 63.0 Å². The van der Waals surface area contributed by atoms with Crippen molar-refractivity contribution in [2.75, 3.05) is 6.61 Å². The summed E-state index contributed by atoms with van der Waals surface area (Å²) in [5.74, 6) is -1.36. The number of carboxylic acid groups (broad SMARTS) is 1. The molecule has 3 N–H and O–H groups in total. The van der Waals surface area contributed by atoms with Gasteiger partial charge in [-0.3, -0.25) is 9.59 Å².